The zero-order valence-corrected chi connectivity index (χ0v) is 19.3. The summed E-state index contributed by atoms with van der Waals surface area (Å²) in [6.45, 7) is 2.29. The third-order valence-corrected chi connectivity index (χ3v) is 5.92. The van der Waals surface area contributed by atoms with Crippen LogP contribution >= 0.6 is 11.6 Å². The van der Waals surface area contributed by atoms with Gasteiger partial charge in [-0.05, 0) is 18.0 Å². The maximum atomic E-state index is 10.6. The van der Waals surface area contributed by atoms with Gasteiger partial charge in [-0.15, -0.1) is 0 Å². The number of unbranched alkanes of at least 4 members (excludes halogenated alkanes) is 21. The minimum absolute atomic E-state index is 0.178. The van der Waals surface area contributed by atoms with E-state index < -0.39 is 0 Å². The Balaban J connectivity index is 2.98. The van der Waals surface area contributed by atoms with Crippen molar-refractivity contribution in [3.8, 4) is 0 Å². The van der Waals surface area contributed by atoms with E-state index in [9.17, 15) is 4.79 Å². The van der Waals surface area contributed by atoms with Crippen LogP contribution in [0.3, 0.4) is 0 Å². The zero-order chi connectivity index (χ0) is 19.8. The van der Waals surface area contributed by atoms with Gasteiger partial charge in [0.25, 0.3) is 0 Å². The summed E-state index contributed by atoms with van der Waals surface area (Å²) in [6.07, 6.45) is 31.2. The molecule has 0 saturated heterocycles. The van der Waals surface area contributed by atoms with E-state index in [4.69, 9.17) is 11.6 Å². The van der Waals surface area contributed by atoms with Crippen LogP contribution < -0.4 is 0 Å². The molecule has 0 N–H and O–H groups in total. The van der Waals surface area contributed by atoms with Crippen molar-refractivity contribution in [3.05, 3.63) is 0 Å². The summed E-state index contributed by atoms with van der Waals surface area (Å²) < 4.78 is 0. The van der Waals surface area contributed by atoms with Crippen molar-refractivity contribution in [2.24, 2.45) is 0 Å². The molecule has 0 aromatic carbocycles. The minimum atomic E-state index is -0.178. The third kappa shape index (κ3) is 26.0. The molecule has 0 aliphatic carbocycles. The van der Waals surface area contributed by atoms with Crippen LogP contribution in [0, 0.1) is 0 Å². The lowest BCUT2D eigenvalue weighted by Gasteiger charge is -2.04. The van der Waals surface area contributed by atoms with Crippen molar-refractivity contribution < 1.29 is 4.79 Å². The molecule has 0 aliphatic heterocycles. The second-order valence-corrected chi connectivity index (χ2v) is 8.95. The van der Waals surface area contributed by atoms with Gasteiger partial charge in [-0.3, -0.25) is 4.79 Å². The van der Waals surface area contributed by atoms with Gasteiger partial charge in [-0.2, -0.15) is 0 Å². The van der Waals surface area contributed by atoms with Gasteiger partial charge in [0.15, 0.2) is 0 Å². The Hall–Kier alpha value is -0.0400. The average Bonchev–Trinajstić information content (AvgIpc) is 2.65. The first-order valence-corrected chi connectivity index (χ1v) is 12.8. The Kier molecular flexibility index (Phi) is 24.0. The standard InChI is InChI=1S/C25H49ClO/c1-2-3-4-5-6-7-8-9-10-11-12-13-14-15-16-17-18-19-20-21-22-23-24-25(26)27/h2-24H2,1H3. The Morgan fingerprint density at radius 2 is 0.667 bits per heavy atom. The first-order valence-electron chi connectivity index (χ1n) is 12.5. The van der Waals surface area contributed by atoms with E-state index >= 15 is 0 Å². The molecular formula is C25H49ClO. The fraction of sp³-hybridized carbons (Fsp3) is 0.960. The average molecular weight is 401 g/mol. The van der Waals surface area contributed by atoms with Gasteiger partial charge in [0.1, 0.15) is 0 Å². The van der Waals surface area contributed by atoms with Crippen molar-refractivity contribution in [2.45, 2.75) is 155 Å². The second-order valence-electron chi connectivity index (χ2n) is 8.53. The molecule has 162 valence electrons. The molecule has 0 bridgehead atoms. The zero-order valence-electron chi connectivity index (χ0n) is 18.5. The molecule has 27 heavy (non-hydrogen) atoms. The quantitative estimate of drug-likeness (QED) is 0.123. The molecule has 0 spiro atoms. The second kappa shape index (κ2) is 24.0. The van der Waals surface area contributed by atoms with Crippen molar-refractivity contribution in [3.63, 3.8) is 0 Å². The smallest absolute Gasteiger partial charge is 0.221 e. The fourth-order valence-corrected chi connectivity index (χ4v) is 4.01. The fourth-order valence-electron chi connectivity index (χ4n) is 3.87. The van der Waals surface area contributed by atoms with Gasteiger partial charge in [-0.25, -0.2) is 0 Å². The van der Waals surface area contributed by atoms with E-state index in [2.05, 4.69) is 6.92 Å². The Morgan fingerprint density at radius 3 is 0.889 bits per heavy atom. The van der Waals surface area contributed by atoms with Crippen LogP contribution in [0.2, 0.25) is 0 Å². The molecule has 0 heterocycles. The molecule has 0 aromatic rings. The minimum Gasteiger partial charge on any atom is -0.281 e. The largest absolute Gasteiger partial charge is 0.281 e. The number of hydrogen-bond donors (Lipinski definition) is 0. The normalized spacial score (nSPS) is 11.2. The molecule has 0 atom stereocenters. The predicted octanol–water partition coefficient (Wildman–Crippen LogP) is 9.74. The highest BCUT2D eigenvalue weighted by Gasteiger charge is 1.97. The van der Waals surface area contributed by atoms with E-state index in [-0.39, 0.29) is 5.24 Å². The molecule has 0 aliphatic rings. The van der Waals surface area contributed by atoms with Crippen LogP contribution in [-0.4, -0.2) is 5.24 Å². The van der Waals surface area contributed by atoms with E-state index in [1.54, 1.807) is 0 Å². The van der Waals surface area contributed by atoms with Crippen molar-refractivity contribution in [2.75, 3.05) is 0 Å². The highest BCUT2D eigenvalue weighted by Crippen LogP contribution is 2.15. The number of hydrogen-bond acceptors (Lipinski definition) is 1. The number of carbonyl (C=O) groups excluding carboxylic acids is 1. The molecule has 1 nitrogen and oxygen atoms in total. The molecule has 0 rings (SSSR count). The summed E-state index contributed by atoms with van der Waals surface area (Å²) in [7, 11) is 0. The molecule has 0 fully saturated rings. The van der Waals surface area contributed by atoms with Crippen LogP contribution in [-0.2, 0) is 4.79 Å². The highest BCUT2D eigenvalue weighted by molar-refractivity contribution is 6.63. The van der Waals surface area contributed by atoms with Crippen LogP contribution in [0.4, 0.5) is 0 Å². The lowest BCUT2D eigenvalue weighted by Crippen LogP contribution is -1.86. The summed E-state index contributed by atoms with van der Waals surface area (Å²) in [5, 5.41) is -0.178. The van der Waals surface area contributed by atoms with E-state index in [0.717, 1.165) is 12.8 Å². The summed E-state index contributed by atoms with van der Waals surface area (Å²) >= 11 is 5.33. The molecule has 2 heteroatoms. The van der Waals surface area contributed by atoms with Crippen LogP contribution in [0.1, 0.15) is 155 Å². The number of carbonyl (C=O) groups is 1. The van der Waals surface area contributed by atoms with Gasteiger partial charge in [0, 0.05) is 6.42 Å². The topological polar surface area (TPSA) is 17.1 Å². The van der Waals surface area contributed by atoms with Gasteiger partial charge < -0.3 is 0 Å². The van der Waals surface area contributed by atoms with Crippen LogP contribution in [0.15, 0.2) is 0 Å². The van der Waals surface area contributed by atoms with Crippen LogP contribution in [0.5, 0.6) is 0 Å². The first-order chi connectivity index (χ1) is 13.3. The Labute approximate surface area is 176 Å². The third-order valence-electron chi connectivity index (χ3n) is 5.73. The van der Waals surface area contributed by atoms with Crippen molar-refractivity contribution in [1.82, 2.24) is 0 Å². The summed E-state index contributed by atoms with van der Waals surface area (Å²) in [4.78, 5) is 10.6. The van der Waals surface area contributed by atoms with Gasteiger partial charge in [0.05, 0.1) is 0 Å². The van der Waals surface area contributed by atoms with E-state index in [1.165, 1.54) is 128 Å². The van der Waals surface area contributed by atoms with E-state index in [1.807, 2.05) is 0 Å². The lowest BCUT2D eigenvalue weighted by molar-refractivity contribution is -0.111. The van der Waals surface area contributed by atoms with Crippen molar-refractivity contribution in [1.29, 1.82) is 0 Å². The van der Waals surface area contributed by atoms with E-state index in [0.29, 0.717) is 6.42 Å². The number of halogens is 1. The predicted molar refractivity (Wildman–Crippen MR) is 123 cm³/mol. The molecular weight excluding hydrogens is 352 g/mol. The SMILES string of the molecule is CCCCCCCCCCCCCCCCCCCCCCCCC(=O)Cl. The summed E-state index contributed by atoms with van der Waals surface area (Å²) in [6, 6.07) is 0. The monoisotopic (exact) mass is 400 g/mol. The summed E-state index contributed by atoms with van der Waals surface area (Å²) in [5.41, 5.74) is 0. The van der Waals surface area contributed by atoms with Gasteiger partial charge in [-0.1, -0.05) is 142 Å². The first kappa shape index (κ1) is 27.0. The molecule has 0 unspecified atom stereocenters. The summed E-state index contributed by atoms with van der Waals surface area (Å²) in [5.74, 6) is 0. The maximum Gasteiger partial charge on any atom is 0.221 e. The number of rotatable bonds is 23. The maximum absolute atomic E-state index is 10.6. The van der Waals surface area contributed by atoms with Crippen LogP contribution in [0.25, 0.3) is 0 Å². The molecule has 0 radical (unpaired) electrons. The van der Waals surface area contributed by atoms with Gasteiger partial charge in [0.2, 0.25) is 5.24 Å². The lowest BCUT2D eigenvalue weighted by atomic mass is 10.0. The van der Waals surface area contributed by atoms with Gasteiger partial charge >= 0.3 is 0 Å². The Morgan fingerprint density at radius 1 is 0.444 bits per heavy atom. The molecule has 0 aromatic heterocycles. The van der Waals surface area contributed by atoms with Crippen molar-refractivity contribution >= 4 is 16.8 Å². The highest BCUT2D eigenvalue weighted by atomic mass is 35.5. The Bertz CT molecular complexity index is 290. The molecule has 0 saturated carbocycles. The molecule has 0 amide bonds.